The molecular weight excluding hydrogens is 529 g/mol. The van der Waals surface area contributed by atoms with E-state index in [0.717, 1.165) is 11.1 Å². The molecule has 0 spiro atoms. The van der Waals surface area contributed by atoms with E-state index in [1.807, 2.05) is 0 Å². The molecule has 0 saturated carbocycles. The maximum atomic E-state index is 13.8. The molecule has 0 radical (unpaired) electrons. The van der Waals surface area contributed by atoms with Gasteiger partial charge in [-0.05, 0) is 38.1 Å². The smallest absolute Gasteiger partial charge is 0.258 e. The molecule has 2 aliphatic heterocycles. The first-order chi connectivity index (χ1) is 18.9. The van der Waals surface area contributed by atoms with Crippen molar-refractivity contribution < 1.29 is 32.3 Å². The number of nitrogens with zero attached hydrogens (tertiary/aromatic N) is 4. The van der Waals surface area contributed by atoms with Gasteiger partial charge in [-0.1, -0.05) is 12.1 Å². The van der Waals surface area contributed by atoms with Crippen LogP contribution in [0.5, 0.6) is 5.75 Å². The Kier molecular flexibility index (Phi) is 8.43. The fourth-order valence-electron chi connectivity index (χ4n) is 4.71. The number of carbonyl (C=O) groups excluding carboxylic acids is 3. The standard InChI is InChI=1S/C27H31F3N6O4/c1-26(2,31)24(38)33-20(15-40-19-8-5-6-17(28)12-19)23(37)35-11-9-21-27(16-35,13-18-7-3-4-10-32-18)25(39)36(34-21)14-22(29)30/h3-8,10,12,20,22H,9,11,13-16,31H2,1-2H3,(H,33,38)/t20-,27-/m1/s1. The molecule has 3 amide bonds. The van der Waals surface area contributed by atoms with Gasteiger partial charge >= 0.3 is 0 Å². The minimum absolute atomic E-state index is 0.0433. The zero-order chi connectivity index (χ0) is 29.1. The summed E-state index contributed by atoms with van der Waals surface area (Å²) in [5, 5.41) is 7.57. The van der Waals surface area contributed by atoms with Crippen LogP contribution in [0.1, 0.15) is 26.0 Å². The van der Waals surface area contributed by atoms with E-state index in [4.69, 9.17) is 10.5 Å². The molecule has 1 saturated heterocycles. The van der Waals surface area contributed by atoms with Crippen LogP contribution in [-0.4, -0.2) is 82.6 Å². The van der Waals surface area contributed by atoms with Crippen LogP contribution in [0.25, 0.3) is 0 Å². The minimum Gasteiger partial charge on any atom is -0.491 e. The summed E-state index contributed by atoms with van der Waals surface area (Å²) in [5.74, 6) is -2.25. The number of aromatic nitrogens is 1. The first kappa shape index (κ1) is 29.0. The zero-order valence-corrected chi connectivity index (χ0v) is 22.1. The topological polar surface area (TPSA) is 130 Å². The quantitative estimate of drug-likeness (QED) is 0.456. The second-order valence-electron chi connectivity index (χ2n) is 10.4. The number of hydrogen-bond acceptors (Lipinski definition) is 7. The lowest BCUT2D eigenvalue weighted by atomic mass is 9.74. The number of pyridine rings is 1. The first-order valence-corrected chi connectivity index (χ1v) is 12.7. The van der Waals surface area contributed by atoms with E-state index in [2.05, 4.69) is 15.4 Å². The van der Waals surface area contributed by atoms with Crippen molar-refractivity contribution in [3.63, 3.8) is 0 Å². The van der Waals surface area contributed by atoms with Gasteiger partial charge in [-0.25, -0.2) is 18.2 Å². The highest BCUT2D eigenvalue weighted by Crippen LogP contribution is 2.38. The number of rotatable bonds is 10. The van der Waals surface area contributed by atoms with Gasteiger partial charge in [0.1, 0.15) is 36.2 Å². The van der Waals surface area contributed by atoms with E-state index in [-0.39, 0.29) is 38.3 Å². The van der Waals surface area contributed by atoms with Gasteiger partial charge < -0.3 is 20.7 Å². The molecule has 0 bridgehead atoms. The Morgan fingerprint density at radius 2 is 2.00 bits per heavy atom. The third kappa shape index (κ3) is 6.41. The maximum Gasteiger partial charge on any atom is 0.258 e. The normalized spacial score (nSPS) is 19.8. The van der Waals surface area contributed by atoms with E-state index in [0.29, 0.717) is 11.4 Å². The number of ether oxygens (including phenoxy) is 1. The van der Waals surface area contributed by atoms with Crippen LogP contribution < -0.4 is 15.8 Å². The molecule has 4 rings (SSSR count). The Bertz CT molecular complexity index is 1290. The van der Waals surface area contributed by atoms with Crippen LogP contribution in [0.15, 0.2) is 53.8 Å². The molecule has 40 heavy (non-hydrogen) atoms. The predicted molar refractivity (Wildman–Crippen MR) is 139 cm³/mol. The highest BCUT2D eigenvalue weighted by atomic mass is 19.3. The summed E-state index contributed by atoms with van der Waals surface area (Å²) in [5.41, 5.74) is 4.12. The molecule has 10 nitrogen and oxygen atoms in total. The summed E-state index contributed by atoms with van der Waals surface area (Å²) in [6, 6.07) is 9.22. The molecule has 2 aromatic rings. The number of nitrogens with two attached hydrogens (primary N) is 1. The monoisotopic (exact) mass is 560 g/mol. The molecule has 1 fully saturated rings. The third-order valence-corrected chi connectivity index (χ3v) is 6.75. The second kappa shape index (κ2) is 11.6. The van der Waals surface area contributed by atoms with Crippen molar-refractivity contribution in [2.75, 3.05) is 26.2 Å². The molecule has 2 aliphatic rings. The number of benzene rings is 1. The van der Waals surface area contributed by atoms with Crippen LogP contribution in [0.4, 0.5) is 13.2 Å². The summed E-state index contributed by atoms with van der Waals surface area (Å²) in [6.45, 7) is 1.68. The number of fused-ring (bicyclic) bond motifs is 1. The van der Waals surface area contributed by atoms with Crippen molar-refractivity contribution in [3.8, 4) is 5.75 Å². The zero-order valence-electron chi connectivity index (χ0n) is 22.1. The number of hydrazone groups is 1. The van der Waals surface area contributed by atoms with E-state index < -0.39 is 53.5 Å². The minimum atomic E-state index is -2.79. The van der Waals surface area contributed by atoms with Gasteiger partial charge in [0.25, 0.3) is 12.3 Å². The molecule has 3 N–H and O–H groups in total. The summed E-state index contributed by atoms with van der Waals surface area (Å²) in [4.78, 5) is 45.8. The number of likely N-dealkylation sites (tertiary alicyclic amines) is 1. The van der Waals surface area contributed by atoms with Gasteiger partial charge in [-0.3, -0.25) is 19.4 Å². The summed E-state index contributed by atoms with van der Waals surface area (Å²) < 4.78 is 45.8. The molecule has 13 heteroatoms. The average molecular weight is 561 g/mol. The molecule has 214 valence electrons. The Labute approximate surface area is 229 Å². The van der Waals surface area contributed by atoms with Crippen molar-refractivity contribution in [1.82, 2.24) is 20.2 Å². The van der Waals surface area contributed by atoms with Crippen molar-refractivity contribution in [2.45, 2.75) is 44.7 Å². The Morgan fingerprint density at radius 3 is 2.65 bits per heavy atom. The fraction of sp³-hybridized carbons (Fsp3) is 0.444. The maximum absolute atomic E-state index is 13.8. The van der Waals surface area contributed by atoms with Crippen LogP contribution in [0.2, 0.25) is 0 Å². The lowest BCUT2D eigenvalue weighted by Gasteiger charge is -2.40. The van der Waals surface area contributed by atoms with Gasteiger partial charge in [0.05, 0.1) is 11.3 Å². The van der Waals surface area contributed by atoms with Gasteiger partial charge in [0.15, 0.2) is 0 Å². The van der Waals surface area contributed by atoms with E-state index in [1.54, 1.807) is 24.4 Å². The van der Waals surface area contributed by atoms with Gasteiger partial charge in [0.2, 0.25) is 11.8 Å². The van der Waals surface area contributed by atoms with Gasteiger partial charge in [0, 0.05) is 43.9 Å². The summed E-state index contributed by atoms with van der Waals surface area (Å²) in [6.07, 6.45) is -1.05. The van der Waals surface area contributed by atoms with Crippen LogP contribution in [0.3, 0.4) is 0 Å². The van der Waals surface area contributed by atoms with Crippen LogP contribution in [0, 0.1) is 11.2 Å². The lowest BCUT2D eigenvalue weighted by Crippen LogP contribution is -2.62. The highest BCUT2D eigenvalue weighted by molar-refractivity contribution is 6.13. The summed E-state index contributed by atoms with van der Waals surface area (Å²) >= 11 is 0. The molecule has 2 atom stereocenters. The molecule has 3 heterocycles. The number of alkyl halides is 2. The lowest BCUT2D eigenvalue weighted by molar-refractivity contribution is -0.144. The van der Waals surface area contributed by atoms with Gasteiger partial charge in [-0.2, -0.15) is 5.10 Å². The molecule has 1 aromatic carbocycles. The van der Waals surface area contributed by atoms with Gasteiger partial charge in [-0.15, -0.1) is 0 Å². The van der Waals surface area contributed by atoms with Crippen LogP contribution >= 0.6 is 0 Å². The highest BCUT2D eigenvalue weighted by Gasteiger charge is 2.55. The molecule has 0 aliphatic carbocycles. The average Bonchev–Trinajstić information content (AvgIpc) is 3.15. The summed E-state index contributed by atoms with van der Waals surface area (Å²) in [7, 11) is 0. The van der Waals surface area contributed by atoms with E-state index >= 15 is 0 Å². The number of carbonyl (C=O) groups is 3. The second-order valence-corrected chi connectivity index (χ2v) is 10.4. The van der Waals surface area contributed by atoms with Crippen molar-refractivity contribution >= 4 is 23.4 Å². The Balaban J connectivity index is 1.61. The van der Waals surface area contributed by atoms with Crippen molar-refractivity contribution in [2.24, 2.45) is 16.3 Å². The number of amides is 3. The van der Waals surface area contributed by atoms with Crippen LogP contribution in [-0.2, 0) is 20.8 Å². The fourth-order valence-corrected chi connectivity index (χ4v) is 4.71. The van der Waals surface area contributed by atoms with Crippen molar-refractivity contribution in [1.29, 1.82) is 0 Å². The van der Waals surface area contributed by atoms with E-state index in [1.165, 1.54) is 36.9 Å². The third-order valence-electron chi connectivity index (χ3n) is 6.75. The largest absolute Gasteiger partial charge is 0.491 e. The molecule has 1 aromatic heterocycles. The molecular formula is C27H31F3N6O4. The SMILES string of the molecule is CC(C)(N)C(=O)N[C@H](COc1cccc(F)c1)C(=O)N1CCC2=NN(CC(F)F)C(=O)[C@]2(Cc2ccccn2)C1. The predicted octanol–water partition coefficient (Wildman–Crippen LogP) is 1.75. The van der Waals surface area contributed by atoms with Crippen molar-refractivity contribution in [3.05, 3.63) is 60.2 Å². The number of hydrogen-bond donors (Lipinski definition) is 2. The van der Waals surface area contributed by atoms with E-state index in [9.17, 15) is 27.6 Å². The number of nitrogens with one attached hydrogen (secondary N) is 1. The Morgan fingerprint density at radius 1 is 1.23 bits per heavy atom. The number of piperidine rings is 1. The first-order valence-electron chi connectivity index (χ1n) is 12.7. The number of halogens is 3. The Hall–Kier alpha value is -4.00. The molecule has 0 unspecified atom stereocenters.